The molecule has 0 saturated heterocycles. The Balaban J connectivity index is 0.000000981. The van der Waals surface area contributed by atoms with Crippen molar-refractivity contribution in [1.82, 2.24) is 0 Å². The Hall–Kier alpha value is -1.54. The maximum atomic E-state index is 14.2. The van der Waals surface area contributed by atoms with Crippen LogP contribution < -0.4 is 0 Å². The lowest BCUT2D eigenvalue weighted by Crippen LogP contribution is -2.98. The van der Waals surface area contributed by atoms with Gasteiger partial charge in [0, 0.05) is 0 Å². The molecule has 0 aromatic heterocycles. The number of halogens is 22. The number of fused-ring (bicyclic) bond motifs is 1. The summed E-state index contributed by atoms with van der Waals surface area (Å²) >= 11 is 0. The van der Waals surface area contributed by atoms with Gasteiger partial charge in [-0.05, 0) is 0 Å². The molecule has 0 bridgehead atoms. The van der Waals surface area contributed by atoms with Crippen molar-refractivity contribution in [2.75, 3.05) is 0 Å². The van der Waals surface area contributed by atoms with Crippen molar-refractivity contribution < 1.29 is 96.6 Å². The molecule has 0 atom stereocenters. The van der Waals surface area contributed by atoms with E-state index in [1.165, 1.54) is 0 Å². The second kappa shape index (κ2) is 6.36. The summed E-state index contributed by atoms with van der Waals surface area (Å²) in [6.07, 6.45) is -5.50. The lowest BCUT2D eigenvalue weighted by atomic mass is 9.54. The van der Waals surface area contributed by atoms with Gasteiger partial charge in [-0.15, -0.1) is 17.6 Å². The second-order valence-corrected chi connectivity index (χ2v) is 6.34. The van der Waals surface area contributed by atoms with Crippen LogP contribution in [0.4, 0.5) is 96.6 Å². The number of rotatable bonds is 0. The third kappa shape index (κ3) is 2.60. The summed E-state index contributed by atoms with van der Waals surface area (Å²) in [7, 11) is 0. The zero-order valence-electron chi connectivity index (χ0n) is 13.8. The summed E-state index contributed by atoms with van der Waals surface area (Å²) < 4.78 is 279. The Kier molecular flexibility index (Phi) is 5.69. The smallest absolute Gasteiger partial charge is 0.226 e. The van der Waals surface area contributed by atoms with Crippen molar-refractivity contribution in [3.63, 3.8) is 0 Å². The topological polar surface area (TPSA) is 0 Å². The fourth-order valence-electron chi connectivity index (χ4n) is 2.91. The van der Waals surface area contributed by atoms with Crippen LogP contribution in [0.5, 0.6) is 0 Å². The van der Waals surface area contributed by atoms with Crippen molar-refractivity contribution in [3.8, 4) is 0 Å². The molecule has 2 rings (SSSR count). The van der Waals surface area contributed by atoms with Gasteiger partial charge in [0.1, 0.15) is 0 Å². The lowest BCUT2D eigenvalue weighted by Gasteiger charge is -2.63. The molecule has 0 aliphatic heterocycles. The van der Waals surface area contributed by atoms with E-state index >= 15 is 0 Å². The van der Waals surface area contributed by atoms with Gasteiger partial charge < -0.3 is 0 Å². The van der Waals surface area contributed by atoms with Gasteiger partial charge in [-0.2, -0.15) is 70.2 Å². The van der Waals surface area contributed by atoms with E-state index < -0.39 is 65.1 Å². The molecule has 198 valence electrons. The Bertz CT molecular complexity index is 665. The zero-order chi connectivity index (χ0) is 27.5. The number of hydrogen-bond donors (Lipinski definition) is 0. The highest BCUT2D eigenvalue weighted by atomic mass is 19.5. The van der Waals surface area contributed by atoms with Gasteiger partial charge in [0.25, 0.3) is 11.3 Å². The maximum absolute atomic E-state index is 14.2. The third-order valence-electron chi connectivity index (χ3n) is 4.57. The highest BCUT2D eigenvalue weighted by molar-refractivity contribution is 5.42. The second-order valence-electron chi connectivity index (χ2n) is 6.34. The molecule has 0 amide bonds. The van der Waals surface area contributed by atoms with Crippen molar-refractivity contribution in [3.05, 3.63) is 0 Å². The summed E-state index contributed by atoms with van der Waals surface area (Å²) in [5.41, 5.74) is -17.3. The van der Waals surface area contributed by atoms with Gasteiger partial charge in [-0.25, -0.2) is 8.78 Å². The largest absolute Gasteiger partial charge is 0.559 e. The van der Waals surface area contributed by atoms with Crippen LogP contribution in [0.25, 0.3) is 0 Å². The summed E-state index contributed by atoms with van der Waals surface area (Å²) in [5.74, 6) is -66.8. The SMILES string of the molecule is FC(F)(F)F.FC1(F)C(F)(F)C(F)(F)[C@]2(F)C(F)(F)C(F)(F)C(F)(F)C(F)(F)[C@@]2(F)C1(F)F. The van der Waals surface area contributed by atoms with Gasteiger partial charge in [0.05, 0.1) is 0 Å². The monoisotopic (exact) mass is 550 g/mol. The Morgan fingerprint density at radius 1 is 0.242 bits per heavy atom. The first-order valence-corrected chi connectivity index (χ1v) is 6.91. The third-order valence-corrected chi connectivity index (χ3v) is 4.57. The summed E-state index contributed by atoms with van der Waals surface area (Å²) in [5, 5.41) is 0. The minimum atomic E-state index is -8.64. The predicted octanol–water partition coefficient (Wildman–Crippen LogP) is 6.99. The van der Waals surface area contributed by atoms with Gasteiger partial charge in [0.2, 0.25) is 0 Å². The molecule has 2 aliphatic rings. The molecule has 0 N–H and O–H groups in total. The van der Waals surface area contributed by atoms with Crippen LogP contribution in [0.1, 0.15) is 0 Å². The van der Waals surface area contributed by atoms with Crippen LogP contribution in [-0.2, 0) is 0 Å². The molecule has 22 heteroatoms. The van der Waals surface area contributed by atoms with Gasteiger partial charge in [0.15, 0.2) is 0 Å². The average molecular weight is 550 g/mol. The van der Waals surface area contributed by atoms with Crippen LogP contribution in [0.15, 0.2) is 0 Å². The molecule has 2 aliphatic carbocycles. The van der Waals surface area contributed by atoms with Crippen molar-refractivity contribution in [2.24, 2.45) is 0 Å². The Morgan fingerprint density at radius 3 is 0.424 bits per heavy atom. The van der Waals surface area contributed by atoms with Crippen LogP contribution in [-0.4, -0.2) is 65.1 Å². The molecule has 2 fully saturated rings. The fraction of sp³-hybridized carbons (Fsp3) is 1.00. The average Bonchev–Trinajstić information content (AvgIpc) is 2.55. The molecule has 0 aromatic carbocycles. The standard InChI is InChI=1S/C10F18.CF4/c11-1-2(12,5(17,18)9(25,26)7(21,22)3(1,13)14)6(19,20)10(27,28)8(23,24)4(1,15)16;2-1(3,4)5/t1-,2-;. The summed E-state index contributed by atoms with van der Waals surface area (Å²) in [4.78, 5) is 0. The van der Waals surface area contributed by atoms with E-state index in [1.807, 2.05) is 0 Å². The first-order chi connectivity index (χ1) is 13.8. The molecular formula is C11F22. The molecule has 0 spiro atoms. The predicted molar refractivity (Wildman–Crippen MR) is 54.4 cm³/mol. The van der Waals surface area contributed by atoms with Crippen molar-refractivity contribution in [1.29, 1.82) is 0 Å². The van der Waals surface area contributed by atoms with Crippen molar-refractivity contribution >= 4 is 0 Å². The summed E-state index contributed by atoms with van der Waals surface area (Å²) in [6.45, 7) is 0. The molecule has 0 nitrogen and oxygen atoms in total. The Morgan fingerprint density at radius 2 is 0.333 bits per heavy atom. The minimum absolute atomic E-state index is 5.50. The van der Waals surface area contributed by atoms with E-state index in [0.717, 1.165) is 0 Å². The van der Waals surface area contributed by atoms with Gasteiger partial charge in [-0.3, -0.25) is 0 Å². The van der Waals surface area contributed by atoms with Crippen LogP contribution in [0, 0.1) is 0 Å². The van der Waals surface area contributed by atoms with Crippen LogP contribution in [0.3, 0.4) is 0 Å². The number of hydrogen-bond acceptors (Lipinski definition) is 0. The lowest BCUT2D eigenvalue weighted by molar-refractivity contribution is -0.560. The van der Waals surface area contributed by atoms with E-state index in [2.05, 4.69) is 0 Å². The van der Waals surface area contributed by atoms with Gasteiger partial charge in [-0.1, -0.05) is 0 Å². The summed E-state index contributed by atoms with van der Waals surface area (Å²) in [6, 6.07) is 0. The quantitative estimate of drug-likeness (QED) is 0.286. The van der Waals surface area contributed by atoms with Crippen LogP contribution >= 0.6 is 0 Å². The number of alkyl halides is 22. The molecule has 0 radical (unpaired) electrons. The maximum Gasteiger partial charge on any atom is 0.559 e. The molecule has 0 heterocycles. The molecule has 33 heavy (non-hydrogen) atoms. The van der Waals surface area contributed by atoms with E-state index in [0.29, 0.717) is 0 Å². The first kappa shape index (κ1) is 29.5. The molecular weight excluding hydrogens is 550 g/mol. The highest BCUT2D eigenvalue weighted by Gasteiger charge is 3.15. The molecule has 0 aromatic rings. The zero-order valence-corrected chi connectivity index (χ0v) is 13.8. The van der Waals surface area contributed by atoms with E-state index in [9.17, 15) is 96.6 Å². The Labute approximate surface area is 163 Å². The van der Waals surface area contributed by atoms with Gasteiger partial charge >= 0.3 is 53.8 Å². The van der Waals surface area contributed by atoms with E-state index in [-0.39, 0.29) is 0 Å². The first-order valence-electron chi connectivity index (χ1n) is 6.91. The normalized spacial score (nSPS) is 38.4. The minimum Gasteiger partial charge on any atom is -0.226 e. The van der Waals surface area contributed by atoms with E-state index in [4.69, 9.17) is 0 Å². The molecule has 2 saturated carbocycles. The van der Waals surface area contributed by atoms with Crippen molar-refractivity contribution in [2.45, 2.75) is 65.1 Å². The van der Waals surface area contributed by atoms with Crippen LogP contribution in [0.2, 0.25) is 0 Å². The van der Waals surface area contributed by atoms with E-state index in [1.54, 1.807) is 0 Å². The molecule has 0 unspecified atom stereocenters. The fourth-order valence-corrected chi connectivity index (χ4v) is 2.91. The highest BCUT2D eigenvalue weighted by Crippen LogP contribution is 2.81.